The van der Waals surface area contributed by atoms with Gasteiger partial charge in [0.25, 0.3) is 0 Å². The summed E-state index contributed by atoms with van der Waals surface area (Å²) >= 11 is 1.84. The Bertz CT molecular complexity index is 270. The van der Waals surface area contributed by atoms with Gasteiger partial charge in [0.05, 0.1) is 11.4 Å². The van der Waals surface area contributed by atoms with Crippen LogP contribution in [0.15, 0.2) is 0 Å². The van der Waals surface area contributed by atoms with E-state index in [4.69, 9.17) is 4.74 Å². The molecule has 0 aromatic carbocycles. The zero-order valence-electron chi connectivity index (χ0n) is 10.3. The summed E-state index contributed by atoms with van der Waals surface area (Å²) in [7, 11) is 0. The lowest BCUT2D eigenvalue weighted by atomic mass is 10.3. The molecule has 16 heavy (non-hydrogen) atoms. The zero-order valence-corrected chi connectivity index (χ0v) is 11.1. The number of ether oxygens (including phenoxy) is 1. The van der Waals surface area contributed by atoms with Gasteiger partial charge in [-0.2, -0.15) is 0 Å². The lowest BCUT2D eigenvalue weighted by Gasteiger charge is -2.22. The summed E-state index contributed by atoms with van der Waals surface area (Å²) in [6, 6.07) is 0.343. The Hall–Kier alpha value is -0.220. The molecule has 3 atom stereocenters. The van der Waals surface area contributed by atoms with Gasteiger partial charge in [0.1, 0.15) is 0 Å². The van der Waals surface area contributed by atoms with Crippen LogP contribution >= 0.6 is 11.8 Å². The number of likely N-dealkylation sites (tertiary alicyclic amines) is 1. The molecule has 0 spiro atoms. The van der Waals surface area contributed by atoms with Gasteiger partial charge in [-0.3, -0.25) is 4.79 Å². The minimum atomic E-state index is 0.177. The molecule has 4 heteroatoms. The number of hydrogen-bond donors (Lipinski definition) is 0. The van der Waals surface area contributed by atoms with Crippen molar-refractivity contribution in [1.29, 1.82) is 0 Å². The second-order valence-electron chi connectivity index (χ2n) is 4.94. The van der Waals surface area contributed by atoms with Crippen molar-refractivity contribution < 1.29 is 9.53 Å². The fraction of sp³-hybridized carbons (Fsp3) is 0.917. The molecule has 1 amide bonds. The number of nitrogens with zero attached hydrogens (tertiary/aromatic N) is 1. The summed E-state index contributed by atoms with van der Waals surface area (Å²) in [6.07, 6.45) is 2.41. The molecule has 2 heterocycles. The predicted molar refractivity (Wildman–Crippen MR) is 66.7 cm³/mol. The molecule has 0 bridgehead atoms. The van der Waals surface area contributed by atoms with Gasteiger partial charge in [-0.25, -0.2) is 0 Å². The Morgan fingerprint density at radius 2 is 2.19 bits per heavy atom. The third kappa shape index (κ3) is 2.38. The van der Waals surface area contributed by atoms with Crippen molar-refractivity contribution in [2.24, 2.45) is 0 Å². The number of carbonyl (C=O) groups is 1. The van der Waals surface area contributed by atoms with Crippen LogP contribution in [0.3, 0.4) is 0 Å². The number of carbonyl (C=O) groups excluding carboxylic acids is 1. The maximum absolute atomic E-state index is 12.1. The SMILES string of the molecule is CC1OCCC1SC1CCN(C(C)C)C1=O. The van der Waals surface area contributed by atoms with E-state index in [-0.39, 0.29) is 5.25 Å². The van der Waals surface area contributed by atoms with Gasteiger partial charge in [-0.05, 0) is 33.6 Å². The fourth-order valence-electron chi connectivity index (χ4n) is 2.42. The molecule has 0 N–H and O–H groups in total. The summed E-state index contributed by atoms with van der Waals surface area (Å²) in [5.41, 5.74) is 0. The van der Waals surface area contributed by atoms with E-state index in [1.807, 2.05) is 16.7 Å². The van der Waals surface area contributed by atoms with Crippen molar-refractivity contribution in [2.75, 3.05) is 13.2 Å². The topological polar surface area (TPSA) is 29.5 Å². The van der Waals surface area contributed by atoms with Gasteiger partial charge in [-0.15, -0.1) is 11.8 Å². The van der Waals surface area contributed by atoms with Crippen LogP contribution in [0.5, 0.6) is 0 Å². The molecule has 2 rings (SSSR count). The van der Waals surface area contributed by atoms with Crippen molar-refractivity contribution in [1.82, 2.24) is 4.90 Å². The molecular formula is C12H21NO2S. The van der Waals surface area contributed by atoms with Crippen molar-refractivity contribution in [3.05, 3.63) is 0 Å². The zero-order chi connectivity index (χ0) is 11.7. The molecular weight excluding hydrogens is 222 g/mol. The largest absolute Gasteiger partial charge is 0.377 e. The van der Waals surface area contributed by atoms with Crippen molar-refractivity contribution in [3.8, 4) is 0 Å². The van der Waals surface area contributed by atoms with Crippen LogP contribution in [0.4, 0.5) is 0 Å². The van der Waals surface area contributed by atoms with Crippen molar-refractivity contribution in [2.45, 2.75) is 56.3 Å². The van der Waals surface area contributed by atoms with Crippen LogP contribution in [-0.4, -0.2) is 46.6 Å². The number of amides is 1. The minimum Gasteiger partial charge on any atom is -0.377 e. The Morgan fingerprint density at radius 1 is 1.44 bits per heavy atom. The summed E-state index contributed by atoms with van der Waals surface area (Å²) < 4.78 is 5.54. The van der Waals surface area contributed by atoms with E-state index in [9.17, 15) is 4.79 Å². The summed E-state index contributed by atoms with van der Waals surface area (Å²) in [5, 5.41) is 0.692. The smallest absolute Gasteiger partial charge is 0.235 e. The normalized spacial score (nSPS) is 35.4. The first kappa shape index (κ1) is 12.2. The first-order valence-electron chi connectivity index (χ1n) is 6.17. The van der Waals surface area contributed by atoms with E-state index in [0.29, 0.717) is 23.3 Å². The minimum absolute atomic E-state index is 0.177. The molecule has 2 aliphatic rings. The van der Waals surface area contributed by atoms with Gasteiger partial charge in [0.15, 0.2) is 0 Å². The first-order chi connectivity index (χ1) is 7.59. The third-order valence-corrected chi connectivity index (χ3v) is 5.19. The molecule has 2 aliphatic heterocycles. The number of hydrogen-bond acceptors (Lipinski definition) is 3. The Morgan fingerprint density at radius 3 is 2.69 bits per heavy atom. The summed E-state index contributed by atoms with van der Waals surface area (Å²) in [6.45, 7) is 8.08. The average molecular weight is 243 g/mol. The maximum atomic E-state index is 12.1. The summed E-state index contributed by atoms with van der Waals surface area (Å²) in [4.78, 5) is 14.1. The van der Waals surface area contributed by atoms with Crippen LogP contribution < -0.4 is 0 Å². The van der Waals surface area contributed by atoms with Crippen LogP contribution in [0.1, 0.15) is 33.6 Å². The highest BCUT2D eigenvalue weighted by Crippen LogP contribution is 2.34. The van der Waals surface area contributed by atoms with Gasteiger partial charge in [0.2, 0.25) is 5.91 Å². The maximum Gasteiger partial charge on any atom is 0.235 e. The Balaban J connectivity index is 1.89. The second kappa shape index (κ2) is 4.96. The number of rotatable bonds is 3. The molecule has 3 unspecified atom stereocenters. The van der Waals surface area contributed by atoms with Crippen LogP contribution in [-0.2, 0) is 9.53 Å². The molecule has 0 aliphatic carbocycles. The van der Waals surface area contributed by atoms with Crippen LogP contribution in [0.2, 0.25) is 0 Å². The first-order valence-corrected chi connectivity index (χ1v) is 7.11. The Kier molecular flexibility index (Phi) is 3.80. The van der Waals surface area contributed by atoms with E-state index in [1.54, 1.807) is 0 Å². The predicted octanol–water partition coefficient (Wildman–Crippen LogP) is 1.91. The Labute approximate surface area is 102 Å². The van der Waals surface area contributed by atoms with Gasteiger partial charge < -0.3 is 9.64 Å². The van der Waals surface area contributed by atoms with E-state index >= 15 is 0 Å². The van der Waals surface area contributed by atoms with Gasteiger partial charge in [-0.1, -0.05) is 0 Å². The van der Waals surface area contributed by atoms with Crippen molar-refractivity contribution >= 4 is 17.7 Å². The van der Waals surface area contributed by atoms with Crippen LogP contribution in [0, 0.1) is 0 Å². The highest BCUT2D eigenvalue weighted by atomic mass is 32.2. The molecule has 3 nitrogen and oxygen atoms in total. The number of thioether (sulfide) groups is 1. The molecule has 2 saturated heterocycles. The van der Waals surface area contributed by atoms with E-state index in [0.717, 1.165) is 26.0 Å². The molecule has 0 aromatic rings. The highest BCUT2D eigenvalue weighted by molar-refractivity contribution is 8.01. The lowest BCUT2D eigenvalue weighted by Crippen LogP contribution is -2.35. The molecule has 92 valence electrons. The quantitative estimate of drug-likeness (QED) is 0.758. The molecule has 0 saturated carbocycles. The molecule has 0 aromatic heterocycles. The standard InChI is InChI=1S/C12H21NO2S/c1-8(2)13-6-4-11(12(13)14)16-10-5-7-15-9(10)3/h8-11H,4-7H2,1-3H3. The fourth-order valence-corrected chi connectivity index (χ4v) is 3.86. The van der Waals surface area contributed by atoms with Gasteiger partial charge >= 0.3 is 0 Å². The monoisotopic (exact) mass is 243 g/mol. The van der Waals surface area contributed by atoms with E-state index < -0.39 is 0 Å². The van der Waals surface area contributed by atoms with Gasteiger partial charge in [0, 0.05) is 24.4 Å². The highest BCUT2D eigenvalue weighted by Gasteiger charge is 2.37. The average Bonchev–Trinajstić information content (AvgIpc) is 2.76. The molecule has 0 radical (unpaired) electrons. The second-order valence-corrected chi connectivity index (χ2v) is 6.39. The van der Waals surface area contributed by atoms with E-state index in [2.05, 4.69) is 20.8 Å². The van der Waals surface area contributed by atoms with Crippen molar-refractivity contribution in [3.63, 3.8) is 0 Å². The van der Waals surface area contributed by atoms with Crippen LogP contribution in [0.25, 0.3) is 0 Å². The third-order valence-electron chi connectivity index (χ3n) is 3.46. The molecule has 2 fully saturated rings. The lowest BCUT2D eigenvalue weighted by molar-refractivity contribution is -0.128. The summed E-state index contributed by atoms with van der Waals surface area (Å²) in [5.74, 6) is 0.333. The van der Waals surface area contributed by atoms with E-state index in [1.165, 1.54) is 0 Å².